The summed E-state index contributed by atoms with van der Waals surface area (Å²) in [5.74, 6) is 1.35. The number of hydrogen-bond donors (Lipinski definition) is 1. The van der Waals surface area contributed by atoms with Crippen LogP contribution in [0.2, 0.25) is 0 Å². The zero-order valence-corrected chi connectivity index (χ0v) is 10.9. The van der Waals surface area contributed by atoms with Crippen molar-refractivity contribution >= 4 is 0 Å². The Labute approximate surface area is 95.3 Å². The van der Waals surface area contributed by atoms with Crippen molar-refractivity contribution in [3.05, 3.63) is 0 Å². The van der Waals surface area contributed by atoms with Gasteiger partial charge in [-0.15, -0.1) is 0 Å². The van der Waals surface area contributed by atoms with Crippen molar-refractivity contribution in [1.82, 2.24) is 0 Å². The van der Waals surface area contributed by atoms with Crippen molar-refractivity contribution in [2.24, 2.45) is 17.3 Å². The topological polar surface area (TPSA) is 20.2 Å². The maximum atomic E-state index is 10.3. The summed E-state index contributed by atoms with van der Waals surface area (Å²) in [6, 6.07) is 0. The highest BCUT2D eigenvalue weighted by molar-refractivity contribution is 4.82. The smallest absolute Gasteiger partial charge is 0.0576 e. The normalized spacial score (nSPS) is 30.2. The van der Waals surface area contributed by atoms with Crippen LogP contribution in [0.5, 0.6) is 0 Å². The van der Waals surface area contributed by atoms with E-state index in [2.05, 4.69) is 27.7 Å². The second-order valence-electron chi connectivity index (χ2n) is 6.45. The van der Waals surface area contributed by atoms with Gasteiger partial charge in [-0.05, 0) is 30.1 Å². The summed E-state index contributed by atoms with van der Waals surface area (Å²) >= 11 is 0. The van der Waals surface area contributed by atoms with E-state index < -0.39 is 0 Å². The summed E-state index contributed by atoms with van der Waals surface area (Å²) < 4.78 is 0. The van der Waals surface area contributed by atoms with Crippen LogP contribution in [0.1, 0.15) is 66.2 Å². The summed E-state index contributed by atoms with van der Waals surface area (Å²) in [5, 5.41) is 10.3. The Balaban J connectivity index is 2.52. The molecule has 1 saturated carbocycles. The third-order valence-electron chi connectivity index (χ3n) is 3.81. The van der Waals surface area contributed by atoms with Crippen molar-refractivity contribution in [2.75, 3.05) is 0 Å². The minimum Gasteiger partial charge on any atom is -0.393 e. The van der Waals surface area contributed by atoms with Crippen LogP contribution in [0, 0.1) is 17.3 Å². The maximum Gasteiger partial charge on any atom is 0.0576 e. The molecule has 15 heavy (non-hydrogen) atoms. The SMILES string of the molecule is CCC1CCCCC1C(O)CC(C)(C)C. The number of rotatable bonds is 3. The van der Waals surface area contributed by atoms with Crippen molar-refractivity contribution < 1.29 is 5.11 Å². The first kappa shape index (κ1) is 13.0. The summed E-state index contributed by atoms with van der Waals surface area (Å²) in [7, 11) is 0. The maximum absolute atomic E-state index is 10.3. The predicted octanol–water partition coefficient (Wildman–Crippen LogP) is 4.00. The first-order valence-corrected chi connectivity index (χ1v) is 6.62. The lowest BCUT2D eigenvalue weighted by Gasteiger charge is -2.36. The molecule has 0 bridgehead atoms. The van der Waals surface area contributed by atoms with Crippen molar-refractivity contribution in [2.45, 2.75) is 72.3 Å². The number of aliphatic hydroxyl groups is 1. The van der Waals surface area contributed by atoms with Crippen LogP contribution < -0.4 is 0 Å². The third kappa shape index (κ3) is 4.14. The Hall–Kier alpha value is -0.0400. The van der Waals surface area contributed by atoms with Crippen molar-refractivity contribution in [3.63, 3.8) is 0 Å². The van der Waals surface area contributed by atoms with E-state index >= 15 is 0 Å². The van der Waals surface area contributed by atoms with Crippen molar-refractivity contribution in [3.8, 4) is 0 Å². The largest absolute Gasteiger partial charge is 0.393 e. The van der Waals surface area contributed by atoms with E-state index in [1.165, 1.54) is 32.1 Å². The van der Waals surface area contributed by atoms with E-state index in [1.807, 2.05) is 0 Å². The Morgan fingerprint density at radius 2 is 1.80 bits per heavy atom. The molecule has 0 aromatic rings. The van der Waals surface area contributed by atoms with Gasteiger partial charge in [-0.2, -0.15) is 0 Å². The summed E-state index contributed by atoms with van der Waals surface area (Å²) in [5.41, 5.74) is 0.259. The Morgan fingerprint density at radius 3 is 2.33 bits per heavy atom. The van der Waals surface area contributed by atoms with Crippen LogP contribution in [0.4, 0.5) is 0 Å². The number of hydrogen-bond acceptors (Lipinski definition) is 1. The molecule has 0 radical (unpaired) electrons. The molecule has 0 spiro atoms. The van der Waals surface area contributed by atoms with Gasteiger partial charge in [0, 0.05) is 0 Å². The van der Waals surface area contributed by atoms with Crippen molar-refractivity contribution in [1.29, 1.82) is 0 Å². The molecule has 0 aromatic heterocycles. The molecule has 1 aliphatic carbocycles. The molecule has 0 amide bonds. The molecule has 1 heteroatoms. The van der Waals surface area contributed by atoms with Crippen LogP contribution in [-0.2, 0) is 0 Å². The molecular formula is C14H28O. The summed E-state index contributed by atoms with van der Waals surface area (Å²) in [4.78, 5) is 0. The quantitative estimate of drug-likeness (QED) is 0.749. The fraction of sp³-hybridized carbons (Fsp3) is 1.00. The molecule has 1 fully saturated rings. The van der Waals surface area contributed by atoms with Crippen LogP contribution in [0.3, 0.4) is 0 Å². The lowest BCUT2D eigenvalue weighted by molar-refractivity contribution is 0.0181. The molecular weight excluding hydrogens is 184 g/mol. The van der Waals surface area contributed by atoms with Gasteiger partial charge in [-0.3, -0.25) is 0 Å². The summed E-state index contributed by atoms with van der Waals surface area (Å²) in [6.07, 6.45) is 7.40. The molecule has 1 rings (SSSR count). The van der Waals surface area contributed by atoms with Gasteiger partial charge in [0.05, 0.1) is 6.10 Å². The monoisotopic (exact) mass is 212 g/mol. The van der Waals surface area contributed by atoms with E-state index in [4.69, 9.17) is 0 Å². The predicted molar refractivity (Wildman–Crippen MR) is 65.8 cm³/mol. The Morgan fingerprint density at radius 1 is 1.20 bits per heavy atom. The van der Waals surface area contributed by atoms with Gasteiger partial charge in [0.2, 0.25) is 0 Å². The molecule has 0 saturated heterocycles. The van der Waals surface area contributed by atoms with Gasteiger partial charge in [0.25, 0.3) is 0 Å². The van der Waals surface area contributed by atoms with Gasteiger partial charge < -0.3 is 5.11 Å². The zero-order chi connectivity index (χ0) is 11.5. The fourth-order valence-corrected chi connectivity index (χ4v) is 3.03. The summed E-state index contributed by atoms with van der Waals surface area (Å²) in [6.45, 7) is 8.94. The molecule has 0 heterocycles. The molecule has 0 aromatic carbocycles. The lowest BCUT2D eigenvalue weighted by Crippen LogP contribution is -2.33. The molecule has 3 unspecified atom stereocenters. The van der Waals surface area contributed by atoms with Gasteiger partial charge in [0.15, 0.2) is 0 Å². The van der Waals surface area contributed by atoms with E-state index in [-0.39, 0.29) is 11.5 Å². The van der Waals surface area contributed by atoms with Crippen LogP contribution in [0.25, 0.3) is 0 Å². The Kier molecular flexibility index (Phi) is 4.64. The lowest BCUT2D eigenvalue weighted by atomic mass is 9.72. The zero-order valence-electron chi connectivity index (χ0n) is 10.9. The molecule has 0 aliphatic heterocycles. The van der Waals surface area contributed by atoms with E-state index in [9.17, 15) is 5.11 Å². The Bertz CT molecular complexity index is 180. The minimum atomic E-state index is -0.0738. The first-order valence-electron chi connectivity index (χ1n) is 6.62. The average Bonchev–Trinajstić information content (AvgIpc) is 2.15. The fourth-order valence-electron chi connectivity index (χ4n) is 3.03. The molecule has 3 atom stereocenters. The highest BCUT2D eigenvalue weighted by atomic mass is 16.3. The van der Waals surface area contributed by atoms with E-state index in [0.29, 0.717) is 5.92 Å². The second-order valence-corrected chi connectivity index (χ2v) is 6.45. The average molecular weight is 212 g/mol. The van der Waals surface area contributed by atoms with E-state index in [1.54, 1.807) is 0 Å². The standard InChI is InChI=1S/C14H28O/c1-5-11-8-6-7-9-12(11)13(15)10-14(2,3)4/h11-13,15H,5-10H2,1-4H3. The highest BCUT2D eigenvalue weighted by Crippen LogP contribution is 2.37. The van der Waals surface area contributed by atoms with Gasteiger partial charge in [-0.25, -0.2) is 0 Å². The molecule has 1 N–H and O–H groups in total. The van der Waals surface area contributed by atoms with Crippen LogP contribution in [-0.4, -0.2) is 11.2 Å². The van der Waals surface area contributed by atoms with Gasteiger partial charge >= 0.3 is 0 Å². The van der Waals surface area contributed by atoms with Gasteiger partial charge in [-0.1, -0.05) is 53.4 Å². The van der Waals surface area contributed by atoms with Crippen LogP contribution in [0.15, 0.2) is 0 Å². The second kappa shape index (κ2) is 5.34. The first-order chi connectivity index (χ1) is 6.94. The van der Waals surface area contributed by atoms with Crippen LogP contribution >= 0.6 is 0 Å². The van der Waals surface area contributed by atoms with Gasteiger partial charge in [0.1, 0.15) is 0 Å². The molecule has 90 valence electrons. The minimum absolute atomic E-state index is 0.0738. The molecule has 1 nitrogen and oxygen atoms in total. The number of aliphatic hydroxyl groups excluding tert-OH is 1. The third-order valence-corrected chi connectivity index (χ3v) is 3.81. The van der Waals surface area contributed by atoms with E-state index in [0.717, 1.165) is 12.3 Å². The molecule has 1 aliphatic rings. The highest BCUT2D eigenvalue weighted by Gasteiger charge is 2.31.